The first-order valence-corrected chi connectivity index (χ1v) is 20.6. The third kappa shape index (κ3) is 6.86. The van der Waals surface area contributed by atoms with Gasteiger partial charge in [-0.1, -0.05) is 194 Å². The van der Waals surface area contributed by atoms with Crippen LogP contribution in [0, 0.1) is 0 Å². The van der Waals surface area contributed by atoms with E-state index in [2.05, 4.69) is 223 Å². The van der Waals surface area contributed by atoms with Gasteiger partial charge in [-0.05, 0) is 75.2 Å². The molecule has 61 heavy (non-hydrogen) atoms. The second-order valence-corrected chi connectivity index (χ2v) is 15.3. The van der Waals surface area contributed by atoms with Crippen molar-refractivity contribution in [2.45, 2.75) is 0 Å². The van der Waals surface area contributed by atoms with Crippen LogP contribution in [0.25, 0.3) is 106 Å². The molecule has 0 fully saturated rings. The van der Waals surface area contributed by atoms with Crippen LogP contribution in [0.15, 0.2) is 231 Å². The first-order valence-electron chi connectivity index (χ1n) is 20.6. The smallest absolute Gasteiger partial charge is 0.160 e. The number of nitrogens with zero attached hydrogens (tertiary/aromatic N) is 4. The van der Waals surface area contributed by atoms with E-state index in [9.17, 15) is 0 Å². The second kappa shape index (κ2) is 15.5. The third-order valence-electron chi connectivity index (χ3n) is 11.4. The van der Waals surface area contributed by atoms with Gasteiger partial charge < -0.3 is 0 Å². The molecule has 11 rings (SSSR count). The van der Waals surface area contributed by atoms with Crippen molar-refractivity contribution >= 4 is 21.7 Å². The molecular weight excluding hydrogens is 741 g/mol. The Balaban J connectivity index is 1.05. The molecule has 0 aliphatic carbocycles. The Labute approximate surface area is 354 Å². The van der Waals surface area contributed by atoms with Crippen molar-refractivity contribution in [1.29, 1.82) is 0 Å². The van der Waals surface area contributed by atoms with Crippen LogP contribution in [0.2, 0.25) is 0 Å². The summed E-state index contributed by atoms with van der Waals surface area (Å²) < 4.78 is 2.13. The molecule has 0 atom stereocenters. The molecule has 0 aliphatic rings. The van der Waals surface area contributed by atoms with Crippen molar-refractivity contribution in [2.24, 2.45) is 0 Å². The summed E-state index contributed by atoms with van der Waals surface area (Å²) >= 11 is 0. The Bertz CT molecular complexity index is 3310. The number of benzene rings is 9. The lowest BCUT2D eigenvalue weighted by Crippen LogP contribution is -1.97. The van der Waals surface area contributed by atoms with Gasteiger partial charge in [-0.25, -0.2) is 14.6 Å². The Morgan fingerprint density at radius 2 is 0.803 bits per heavy atom. The Morgan fingerprint density at radius 1 is 0.328 bits per heavy atom. The largest absolute Gasteiger partial charge is 0.232 e. The normalized spacial score (nSPS) is 11.3. The van der Waals surface area contributed by atoms with Crippen LogP contribution in [0.5, 0.6) is 0 Å². The fraction of sp³-hybridized carbons (Fsp3) is 0. The van der Waals surface area contributed by atoms with Gasteiger partial charge in [0.25, 0.3) is 0 Å². The van der Waals surface area contributed by atoms with Crippen molar-refractivity contribution in [3.63, 3.8) is 0 Å². The lowest BCUT2D eigenvalue weighted by molar-refractivity contribution is 0.918. The third-order valence-corrected chi connectivity index (χ3v) is 11.4. The monoisotopic (exact) mass is 778 g/mol. The number of aromatic nitrogens is 4. The highest BCUT2D eigenvalue weighted by atomic mass is 15.3. The van der Waals surface area contributed by atoms with Gasteiger partial charge in [0, 0.05) is 33.0 Å². The van der Waals surface area contributed by atoms with Crippen molar-refractivity contribution < 1.29 is 0 Å². The van der Waals surface area contributed by atoms with Crippen molar-refractivity contribution in [1.82, 2.24) is 19.7 Å². The van der Waals surface area contributed by atoms with Gasteiger partial charge in [-0.15, -0.1) is 0 Å². The zero-order chi connectivity index (χ0) is 40.5. The van der Waals surface area contributed by atoms with Crippen LogP contribution < -0.4 is 0 Å². The number of rotatable bonds is 8. The van der Waals surface area contributed by atoms with Gasteiger partial charge in [0.15, 0.2) is 5.82 Å². The summed E-state index contributed by atoms with van der Waals surface area (Å²) in [5.41, 5.74) is 15.8. The zero-order valence-electron chi connectivity index (χ0n) is 33.2. The van der Waals surface area contributed by atoms with Crippen LogP contribution >= 0.6 is 0 Å². The molecule has 286 valence electrons. The SMILES string of the molecule is c1ccc(-c2cccc(-c3nc(-c4ccccc4)cc(-c4ccc(-c5ccc6cc(-c7ccccc7)c7c(-c8ccccc8)nn(-c8ccccc8)c7c6c5)cc4)n3)c2)cc1. The molecule has 0 bridgehead atoms. The topological polar surface area (TPSA) is 43.6 Å². The second-order valence-electron chi connectivity index (χ2n) is 15.3. The summed E-state index contributed by atoms with van der Waals surface area (Å²) in [6, 6.07) is 80.9. The molecule has 2 heterocycles. The maximum absolute atomic E-state index is 5.40. The van der Waals surface area contributed by atoms with E-state index in [1.807, 2.05) is 12.1 Å². The average Bonchev–Trinajstić information content (AvgIpc) is 3.76. The summed E-state index contributed by atoms with van der Waals surface area (Å²) in [7, 11) is 0. The van der Waals surface area contributed by atoms with E-state index in [1.165, 1.54) is 0 Å². The molecule has 0 unspecified atom stereocenters. The highest BCUT2D eigenvalue weighted by Crippen LogP contribution is 2.43. The molecule has 9 aromatic carbocycles. The molecule has 0 spiro atoms. The molecule has 0 N–H and O–H groups in total. The lowest BCUT2D eigenvalue weighted by Gasteiger charge is -2.13. The van der Waals surface area contributed by atoms with Crippen LogP contribution in [0.1, 0.15) is 0 Å². The standard InChI is InChI=1S/C57H38N4/c1-6-17-39(18-7-1)45-25-16-26-48(35-45)57-58-52(42-21-10-3-11-22-42)38-53(59-57)43-31-29-40(30-32-43)46-33-34-47-37-50(41-19-8-2-9-20-41)54-55(44-23-12-4-13-24-44)60-61(56(54)51(47)36-46)49-27-14-5-15-28-49/h1-38H. The number of hydrogen-bond acceptors (Lipinski definition) is 3. The van der Waals surface area contributed by atoms with Gasteiger partial charge in [-0.2, -0.15) is 5.10 Å². The van der Waals surface area contributed by atoms with E-state index in [1.54, 1.807) is 0 Å². The Morgan fingerprint density at radius 3 is 1.46 bits per heavy atom. The number of para-hydroxylation sites is 1. The predicted octanol–water partition coefficient (Wildman–Crippen LogP) is 14.6. The summed E-state index contributed by atoms with van der Waals surface area (Å²) in [4.78, 5) is 10.3. The zero-order valence-corrected chi connectivity index (χ0v) is 33.2. The van der Waals surface area contributed by atoms with Gasteiger partial charge in [-0.3, -0.25) is 0 Å². The van der Waals surface area contributed by atoms with E-state index >= 15 is 0 Å². The molecule has 0 saturated carbocycles. The summed E-state index contributed by atoms with van der Waals surface area (Å²) in [5, 5.41) is 8.82. The summed E-state index contributed by atoms with van der Waals surface area (Å²) in [6.45, 7) is 0. The molecule has 0 radical (unpaired) electrons. The van der Waals surface area contributed by atoms with Crippen molar-refractivity contribution in [3.8, 4) is 84.2 Å². The van der Waals surface area contributed by atoms with E-state index < -0.39 is 0 Å². The number of fused-ring (bicyclic) bond motifs is 3. The first kappa shape index (κ1) is 35.9. The molecule has 0 aliphatic heterocycles. The van der Waals surface area contributed by atoms with Crippen LogP contribution in [0.3, 0.4) is 0 Å². The molecular formula is C57H38N4. The molecule has 2 aromatic heterocycles. The lowest BCUT2D eigenvalue weighted by atomic mass is 9.92. The molecule has 4 heteroatoms. The predicted molar refractivity (Wildman–Crippen MR) is 252 cm³/mol. The average molecular weight is 779 g/mol. The van der Waals surface area contributed by atoms with Gasteiger partial charge in [0.2, 0.25) is 0 Å². The summed E-state index contributed by atoms with van der Waals surface area (Å²) in [5.74, 6) is 0.691. The minimum absolute atomic E-state index is 0.691. The van der Waals surface area contributed by atoms with Crippen LogP contribution in [-0.4, -0.2) is 19.7 Å². The molecule has 4 nitrogen and oxygen atoms in total. The minimum atomic E-state index is 0.691. The Kier molecular flexibility index (Phi) is 9.14. The molecule has 0 amide bonds. The van der Waals surface area contributed by atoms with E-state index in [4.69, 9.17) is 15.1 Å². The van der Waals surface area contributed by atoms with Crippen molar-refractivity contribution in [3.05, 3.63) is 231 Å². The first-order chi connectivity index (χ1) is 30.2. The van der Waals surface area contributed by atoms with E-state index in [0.717, 1.165) is 100 Å². The fourth-order valence-electron chi connectivity index (χ4n) is 8.40. The van der Waals surface area contributed by atoms with E-state index in [-0.39, 0.29) is 0 Å². The minimum Gasteiger partial charge on any atom is -0.232 e. The maximum Gasteiger partial charge on any atom is 0.160 e. The van der Waals surface area contributed by atoms with Crippen LogP contribution in [-0.2, 0) is 0 Å². The highest BCUT2D eigenvalue weighted by molar-refractivity contribution is 6.18. The number of hydrogen-bond donors (Lipinski definition) is 0. The van der Waals surface area contributed by atoms with Crippen LogP contribution in [0.4, 0.5) is 0 Å². The fourth-order valence-corrected chi connectivity index (χ4v) is 8.40. The van der Waals surface area contributed by atoms with Gasteiger partial charge in [0.1, 0.15) is 5.69 Å². The maximum atomic E-state index is 5.40. The molecule has 0 saturated heterocycles. The Hall–Kier alpha value is -8.21. The molecule has 11 aromatic rings. The highest BCUT2D eigenvalue weighted by Gasteiger charge is 2.22. The van der Waals surface area contributed by atoms with Gasteiger partial charge >= 0.3 is 0 Å². The van der Waals surface area contributed by atoms with E-state index in [0.29, 0.717) is 5.82 Å². The quantitative estimate of drug-likeness (QED) is 0.154. The van der Waals surface area contributed by atoms with Crippen molar-refractivity contribution in [2.75, 3.05) is 0 Å². The van der Waals surface area contributed by atoms with Gasteiger partial charge in [0.05, 0.1) is 22.6 Å². The summed E-state index contributed by atoms with van der Waals surface area (Å²) in [6.07, 6.45) is 0.